The SMILES string of the molecule is COCCN1C(=S)N[C@@H](c2ccccn2)[C@@H]1c1cc(C)n(-c2ccc(OC)cc2[N+](=O)[O-])c1C. The second-order valence-electron chi connectivity index (χ2n) is 8.09. The van der Waals surface area contributed by atoms with Crippen molar-refractivity contribution >= 4 is 23.0 Å². The summed E-state index contributed by atoms with van der Waals surface area (Å²) >= 11 is 5.69. The monoisotopic (exact) mass is 481 g/mol. The van der Waals surface area contributed by atoms with Crippen LogP contribution < -0.4 is 10.1 Å². The topological polar surface area (TPSA) is 94.7 Å². The maximum atomic E-state index is 11.9. The fourth-order valence-electron chi connectivity index (χ4n) is 4.60. The van der Waals surface area contributed by atoms with Gasteiger partial charge in [0.05, 0.1) is 42.5 Å². The zero-order valence-corrected chi connectivity index (χ0v) is 20.3. The van der Waals surface area contributed by atoms with E-state index in [-0.39, 0.29) is 22.7 Å². The molecule has 4 rings (SSSR count). The number of nitrogens with one attached hydrogen (secondary N) is 1. The van der Waals surface area contributed by atoms with E-state index in [4.69, 9.17) is 21.7 Å². The molecule has 1 aliphatic rings. The number of hydrogen-bond donors (Lipinski definition) is 1. The Kier molecular flexibility index (Phi) is 6.80. The highest BCUT2D eigenvalue weighted by atomic mass is 32.1. The number of hydrogen-bond acceptors (Lipinski definition) is 6. The molecule has 9 nitrogen and oxygen atoms in total. The van der Waals surface area contributed by atoms with Gasteiger partial charge in [-0.15, -0.1) is 0 Å². The molecule has 0 saturated carbocycles. The van der Waals surface area contributed by atoms with Gasteiger partial charge in [0, 0.05) is 31.2 Å². The van der Waals surface area contributed by atoms with Gasteiger partial charge in [-0.25, -0.2) is 0 Å². The third-order valence-electron chi connectivity index (χ3n) is 6.14. The molecule has 1 fully saturated rings. The van der Waals surface area contributed by atoms with Gasteiger partial charge < -0.3 is 24.3 Å². The van der Waals surface area contributed by atoms with Crippen molar-refractivity contribution < 1.29 is 14.4 Å². The molecule has 3 aromatic rings. The number of ether oxygens (including phenoxy) is 2. The van der Waals surface area contributed by atoms with Crippen molar-refractivity contribution in [3.05, 3.63) is 81.4 Å². The van der Waals surface area contributed by atoms with Crippen molar-refractivity contribution in [1.29, 1.82) is 0 Å². The number of thiocarbonyl (C=S) groups is 1. The van der Waals surface area contributed by atoms with Gasteiger partial charge in [0.25, 0.3) is 5.69 Å². The number of aryl methyl sites for hydroxylation is 1. The first-order valence-corrected chi connectivity index (χ1v) is 11.3. The van der Waals surface area contributed by atoms with E-state index >= 15 is 0 Å². The van der Waals surface area contributed by atoms with Crippen LogP contribution in [0.25, 0.3) is 5.69 Å². The molecule has 1 aromatic carbocycles. The number of nitro groups is 1. The lowest BCUT2D eigenvalue weighted by Gasteiger charge is -2.28. The Morgan fingerprint density at radius 3 is 2.65 bits per heavy atom. The molecule has 1 aliphatic heterocycles. The molecule has 0 unspecified atom stereocenters. The average molecular weight is 482 g/mol. The van der Waals surface area contributed by atoms with E-state index in [0.717, 1.165) is 22.6 Å². The van der Waals surface area contributed by atoms with Crippen LogP contribution in [0, 0.1) is 24.0 Å². The van der Waals surface area contributed by atoms with Gasteiger partial charge in [0.15, 0.2) is 5.11 Å². The Morgan fingerprint density at radius 2 is 2.00 bits per heavy atom. The van der Waals surface area contributed by atoms with Gasteiger partial charge in [-0.2, -0.15) is 0 Å². The van der Waals surface area contributed by atoms with Crippen LogP contribution in [0.3, 0.4) is 0 Å². The molecule has 3 heterocycles. The van der Waals surface area contributed by atoms with Crippen LogP contribution >= 0.6 is 12.2 Å². The minimum absolute atomic E-state index is 0.0229. The second kappa shape index (κ2) is 9.78. The van der Waals surface area contributed by atoms with Crippen molar-refractivity contribution in [3.8, 4) is 11.4 Å². The van der Waals surface area contributed by atoms with Crippen LogP contribution in [0.5, 0.6) is 5.75 Å². The summed E-state index contributed by atoms with van der Waals surface area (Å²) in [5, 5.41) is 15.9. The lowest BCUT2D eigenvalue weighted by Crippen LogP contribution is -2.32. The Morgan fingerprint density at radius 1 is 1.21 bits per heavy atom. The molecule has 0 aliphatic carbocycles. The highest BCUT2D eigenvalue weighted by Gasteiger charge is 2.41. The van der Waals surface area contributed by atoms with Gasteiger partial charge in [-0.05, 0) is 62.0 Å². The molecule has 0 radical (unpaired) electrons. The van der Waals surface area contributed by atoms with E-state index in [9.17, 15) is 10.1 Å². The van der Waals surface area contributed by atoms with E-state index in [1.165, 1.54) is 13.2 Å². The normalized spacial score (nSPS) is 17.6. The lowest BCUT2D eigenvalue weighted by atomic mass is 9.97. The molecule has 10 heteroatoms. The Bertz CT molecular complexity index is 1210. The van der Waals surface area contributed by atoms with Gasteiger partial charge in [-0.1, -0.05) is 6.07 Å². The first-order valence-electron chi connectivity index (χ1n) is 10.9. The van der Waals surface area contributed by atoms with E-state index in [2.05, 4.69) is 21.3 Å². The number of nitrogens with zero attached hydrogens (tertiary/aromatic N) is 4. The minimum atomic E-state index is -0.385. The molecule has 0 amide bonds. The fraction of sp³-hybridized carbons (Fsp3) is 0.333. The predicted octanol–water partition coefficient (Wildman–Crippen LogP) is 4.02. The number of aromatic nitrogens is 2. The highest BCUT2D eigenvalue weighted by Crippen LogP contribution is 2.42. The molecule has 2 aromatic heterocycles. The van der Waals surface area contributed by atoms with Crippen LogP contribution in [-0.4, -0.2) is 51.9 Å². The third-order valence-corrected chi connectivity index (χ3v) is 6.50. The quantitative estimate of drug-likeness (QED) is 0.293. The van der Waals surface area contributed by atoms with Gasteiger partial charge in [0.1, 0.15) is 11.4 Å². The Balaban J connectivity index is 1.86. The van der Waals surface area contributed by atoms with E-state index < -0.39 is 0 Å². The van der Waals surface area contributed by atoms with Gasteiger partial charge in [-0.3, -0.25) is 15.1 Å². The summed E-state index contributed by atoms with van der Waals surface area (Å²) in [4.78, 5) is 18.2. The van der Waals surface area contributed by atoms with Crippen LogP contribution in [0.15, 0.2) is 48.7 Å². The third kappa shape index (κ3) is 4.22. The van der Waals surface area contributed by atoms with Crippen LogP contribution in [0.1, 0.15) is 34.7 Å². The maximum absolute atomic E-state index is 11.9. The largest absolute Gasteiger partial charge is 0.496 e. The van der Waals surface area contributed by atoms with E-state index in [1.807, 2.05) is 36.6 Å². The summed E-state index contributed by atoms with van der Waals surface area (Å²) < 4.78 is 12.5. The molecule has 0 bridgehead atoms. The second-order valence-corrected chi connectivity index (χ2v) is 8.47. The maximum Gasteiger partial charge on any atom is 0.296 e. The Hall–Kier alpha value is -3.50. The Labute approximate surface area is 203 Å². The number of nitro benzene ring substituents is 1. The predicted molar refractivity (Wildman–Crippen MR) is 132 cm³/mol. The van der Waals surface area contributed by atoms with Crippen molar-refractivity contribution in [1.82, 2.24) is 19.8 Å². The summed E-state index contributed by atoms with van der Waals surface area (Å²) in [6.45, 7) is 5.03. The van der Waals surface area contributed by atoms with Crippen LogP contribution in [0.2, 0.25) is 0 Å². The molecular formula is C24H27N5O4S. The smallest absolute Gasteiger partial charge is 0.296 e. The summed E-state index contributed by atoms with van der Waals surface area (Å²) in [6, 6.07) is 12.4. The number of methoxy groups -OCH3 is 2. The van der Waals surface area contributed by atoms with Crippen LogP contribution in [-0.2, 0) is 4.74 Å². The van der Waals surface area contributed by atoms with E-state index in [1.54, 1.807) is 25.4 Å². The van der Waals surface area contributed by atoms with Crippen molar-refractivity contribution in [2.45, 2.75) is 25.9 Å². The van der Waals surface area contributed by atoms with Gasteiger partial charge >= 0.3 is 0 Å². The fourth-order valence-corrected chi connectivity index (χ4v) is 4.93. The number of pyridine rings is 1. The molecular weight excluding hydrogens is 454 g/mol. The molecule has 1 saturated heterocycles. The summed E-state index contributed by atoms with van der Waals surface area (Å²) in [7, 11) is 3.15. The first-order chi connectivity index (χ1) is 16.4. The summed E-state index contributed by atoms with van der Waals surface area (Å²) in [5.74, 6) is 0.435. The van der Waals surface area contributed by atoms with Crippen LogP contribution in [0.4, 0.5) is 5.69 Å². The molecule has 1 N–H and O–H groups in total. The summed E-state index contributed by atoms with van der Waals surface area (Å²) in [5.41, 5.74) is 4.12. The molecule has 0 spiro atoms. The van der Waals surface area contributed by atoms with Crippen molar-refractivity contribution in [2.24, 2.45) is 0 Å². The summed E-state index contributed by atoms with van der Waals surface area (Å²) in [6.07, 6.45) is 1.76. The van der Waals surface area contributed by atoms with Crippen molar-refractivity contribution in [3.63, 3.8) is 0 Å². The van der Waals surface area contributed by atoms with Gasteiger partial charge in [0.2, 0.25) is 0 Å². The molecule has 178 valence electrons. The lowest BCUT2D eigenvalue weighted by molar-refractivity contribution is -0.384. The zero-order chi connectivity index (χ0) is 24.4. The standard InChI is InChI=1S/C24H27N5O4S/c1-15-13-18(16(2)28(15)20-9-8-17(33-4)14-21(20)29(30)31)23-22(19-7-5-6-10-25-19)26-24(34)27(23)11-12-32-3/h5-10,13-14,22-23H,11-12H2,1-4H3,(H,26,34)/t22-,23-/m0/s1. The van der Waals surface area contributed by atoms with E-state index in [0.29, 0.717) is 29.7 Å². The molecule has 34 heavy (non-hydrogen) atoms. The molecule has 2 atom stereocenters. The van der Waals surface area contributed by atoms with Crippen molar-refractivity contribution in [2.75, 3.05) is 27.4 Å². The zero-order valence-electron chi connectivity index (χ0n) is 19.5. The number of benzene rings is 1. The minimum Gasteiger partial charge on any atom is -0.496 e. The average Bonchev–Trinajstić information content (AvgIpc) is 3.32. The number of rotatable bonds is 8. The first kappa shape index (κ1) is 23.7. The highest BCUT2D eigenvalue weighted by molar-refractivity contribution is 7.80.